The molecule has 0 aliphatic heterocycles. The molecule has 90 valence electrons. The van der Waals surface area contributed by atoms with Gasteiger partial charge in [-0.1, -0.05) is 0 Å². The molecule has 0 spiro atoms. The molecule has 4 N–H and O–H groups in total. The van der Waals surface area contributed by atoms with Crippen LogP contribution in [0.2, 0.25) is 0 Å². The second-order valence-electron chi connectivity index (χ2n) is 3.69. The lowest BCUT2D eigenvalue weighted by atomic mass is 10.4. The fourth-order valence-electron chi connectivity index (χ4n) is 1.32. The van der Waals surface area contributed by atoms with Gasteiger partial charge in [-0.05, 0) is 12.8 Å². The van der Waals surface area contributed by atoms with Crippen LogP contribution in [0.4, 0.5) is 4.79 Å². The van der Waals surface area contributed by atoms with E-state index < -0.39 is 17.9 Å². The van der Waals surface area contributed by atoms with Gasteiger partial charge < -0.3 is 21.1 Å². The molecular weight excluding hydrogens is 214 g/mol. The third-order valence-electron chi connectivity index (χ3n) is 2.23. The summed E-state index contributed by atoms with van der Waals surface area (Å²) >= 11 is 0. The average Bonchev–Trinajstić information content (AvgIpc) is 2.98. The molecule has 0 radical (unpaired) electrons. The molecule has 0 aromatic carbocycles. The highest BCUT2D eigenvalue weighted by Crippen LogP contribution is 2.26. The topological polar surface area (TPSA) is 113 Å². The number of carboxylic acid groups (broad SMARTS) is 1. The predicted molar refractivity (Wildman–Crippen MR) is 54.6 cm³/mol. The number of rotatable bonds is 6. The van der Waals surface area contributed by atoms with Crippen molar-refractivity contribution >= 4 is 17.9 Å². The number of carbonyl (C=O) groups excluding carboxylic acids is 2. The van der Waals surface area contributed by atoms with Gasteiger partial charge in [-0.2, -0.15) is 0 Å². The van der Waals surface area contributed by atoms with Gasteiger partial charge in [0.15, 0.2) is 0 Å². The third kappa shape index (κ3) is 4.16. The SMILES string of the molecule is NC(=O)CNC(=O)N(CCC(=O)O)C1CC1. The molecule has 0 saturated heterocycles. The van der Waals surface area contributed by atoms with E-state index in [0.717, 1.165) is 12.8 Å². The molecular formula is C9H15N3O4. The normalized spacial score (nSPS) is 14.2. The van der Waals surface area contributed by atoms with E-state index in [0.29, 0.717) is 0 Å². The van der Waals surface area contributed by atoms with E-state index in [-0.39, 0.29) is 25.6 Å². The lowest BCUT2D eigenvalue weighted by Gasteiger charge is -2.21. The fraction of sp³-hybridized carbons (Fsp3) is 0.667. The Kier molecular flexibility index (Phi) is 4.10. The standard InChI is InChI=1S/C9H15N3O4/c10-7(13)5-11-9(16)12(6-1-2-6)4-3-8(14)15/h6H,1-5H2,(H2,10,13)(H,11,16)(H,14,15). The van der Waals surface area contributed by atoms with Crippen LogP contribution >= 0.6 is 0 Å². The lowest BCUT2D eigenvalue weighted by molar-refractivity contribution is -0.137. The molecule has 0 bridgehead atoms. The summed E-state index contributed by atoms with van der Waals surface area (Å²) in [6.07, 6.45) is 1.66. The molecule has 3 amide bonds. The highest BCUT2D eigenvalue weighted by molar-refractivity contribution is 5.83. The zero-order valence-electron chi connectivity index (χ0n) is 8.81. The molecule has 0 heterocycles. The minimum atomic E-state index is -0.951. The van der Waals surface area contributed by atoms with Crippen molar-refractivity contribution in [3.8, 4) is 0 Å². The number of carboxylic acids is 1. The minimum Gasteiger partial charge on any atom is -0.481 e. The van der Waals surface area contributed by atoms with E-state index in [9.17, 15) is 14.4 Å². The van der Waals surface area contributed by atoms with Gasteiger partial charge in [-0.25, -0.2) is 4.79 Å². The molecule has 1 aliphatic rings. The molecule has 1 fully saturated rings. The van der Waals surface area contributed by atoms with Crippen LogP contribution in [0.1, 0.15) is 19.3 Å². The van der Waals surface area contributed by atoms with Gasteiger partial charge in [0, 0.05) is 12.6 Å². The van der Waals surface area contributed by atoms with Gasteiger partial charge >= 0.3 is 12.0 Å². The molecule has 1 saturated carbocycles. The average molecular weight is 229 g/mol. The summed E-state index contributed by atoms with van der Waals surface area (Å²) in [5.74, 6) is -1.57. The number of hydrogen-bond acceptors (Lipinski definition) is 3. The number of urea groups is 1. The Hall–Kier alpha value is -1.79. The first-order valence-corrected chi connectivity index (χ1v) is 5.05. The molecule has 0 atom stereocenters. The van der Waals surface area contributed by atoms with Crippen molar-refractivity contribution in [1.29, 1.82) is 0 Å². The van der Waals surface area contributed by atoms with Gasteiger partial charge in [-0.3, -0.25) is 9.59 Å². The summed E-state index contributed by atoms with van der Waals surface area (Å²) in [6, 6.07) is -0.324. The number of nitrogens with zero attached hydrogens (tertiary/aromatic N) is 1. The van der Waals surface area contributed by atoms with Crippen LogP contribution in [0.5, 0.6) is 0 Å². The summed E-state index contributed by atoms with van der Waals surface area (Å²) in [6.45, 7) is -0.0697. The van der Waals surface area contributed by atoms with Crippen LogP contribution in [-0.2, 0) is 9.59 Å². The second kappa shape index (κ2) is 5.34. The summed E-state index contributed by atoms with van der Waals surface area (Å²) in [7, 11) is 0. The van der Waals surface area contributed by atoms with Gasteiger partial charge in [0.05, 0.1) is 13.0 Å². The third-order valence-corrected chi connectivity index (χ3v) is 2.23. The zero-order chi connectivity index (χ0) is 12.1. The minimum absolute atomic E-state index is 0.0967. The Morgan fingerprint density at radius 1 is 1.38 bits per heavy atom. The fourth-order valence-corrected chi connectivity index (χ4v) is 1.32. The molecule has 0 aromatic rings. The number of aliphatic carboxylic acids is 1. The van der Waals surface area contributed by atoms with Crippen LogP contribution < -0.4 is 11.1 Å². The molecule has 1 rings (SSSR count). The number of primary amides is 1. The number of hydrogen-bond donors (Lipinski definition) is 3. The van der Waals surface area contributed by atoms with E-state index in [2.05, 4.69) is 5.32 Å². The van der Waals surface area contributed by atoms with E-state index in [1.807, 2.05) is 0 Å². The van der Waals surface area contributed by atoms with Crippen molar-refractivity contribution in [2.45, 2.75) is 25.3 Å². The van der Waals surface area contributed by atoms with Crippen LogP contribution in [-0.4, -0.2) is 47.0 Å². The van der Waals surface area contributed by atoms with E-state index in [1.54, 1.807) is 0 Å². The molecule has 0 aromatic heterocycles. The van der Waals surface area contributed by atoms with Gasteiger partial charge in [-0.15, -0.1) is 0 Å². The Morgan fingerprint density at radius 2 is 2.00 bits per heavy atom. The Labute approximate surface area is 92.6 Å². The number of carbonyl (C=O) groups is 3. The van der Waals surface area contributed by atoms with Crippen molar-refractivity contribution in [2.75, 3.05) is 13.1 Å². The summed E-state index contributed by atoms with van der Waals surface area (Å²) in [4.78, 5) is 33.9. The van der Waals surface area contributed by atoms with Crippen LogP contribution in [0.25, 0.3) is 0 Å². The van der Waals surface area contributed by atoms with Gasteiger partial charge in [0.2, 0.25) is 5.91 Å². The Balaban J connectivity index is 2.39. The maximum atomic E-state index is 11.6. The van der Waals surface area contributed by atoms with Crippen LogP contribution in [0, 0.1) is 0 Å². The molecule has 0 unspecified atom stereocenters. The highest BCUT2D eigenvalue weighted by Gasteiger charge is 2.32. The number of amides is 3. The second-order valence-corrected chi connectivity index (χ2v) is 3.69. The van der Waals surface area contributed by atoms with E-state index in [4.69, 9.17) is 10.8 Å². The highest BCUT2D eigenvalue weighted by atomic mass is 16.4. The van der Waals surface area contributed by atoms with Gasteiger partial charge in [0.1, 0.15) is 0 Å². The number of nitrogens with one attached hydrogen (secondary N) is 1. The molecule has 7 nitrogen and oxygen atoms in total. The maximum Gasteiger partial charge on any atom is 0.318 e. The van der Waals surface area contributed by atoms with Crippen molar-refractivity contribution in [1.82, 2.24) is 10.2 Å². The largest absolute Gasteiger partial charge is 0.481 e. The maximum absolute atomic E-state index is 11.6. The summed E-state index contributed by atoms with van der Waals surface area (Å²) in [5.41, 5.74) is 4.89. The summed E-state index contributed by atoms with van der Waals surface area (Å²) in [5, 5.41) is 10.9. The van der Waals surface area contributed by atoms with Crippen molar-refractivity contribution < 1.29 is 19.5 Å². The monoisotopic (exact) mass is 229 g/mol. The summed E-state index contributed by atoms with van der Waals surface area (Å²) < 4.78 is 0. The molecule has 16 heavy (non-hydrogen) atoms. The predicted octanol–water partition coefficient (Wildman–Crippen LogP) is -0.880. The quantitative estimate of drug-likeness (QED) is 0.549. The van der Waals surface area contributed by atoms with E-state index >= 15 is 0 Å². The first kappa shape index (κ1) is 12.3. The van der Waals surface area contributed by atoms with Crippen LogP contribution in [0.3, 0.4) is 0 Å². The zero-order valence-corrected chi connectivity index (χ0v) is 8.81. The lowest BCUT2D eigenvalue weighted by Crippen LogP contribution is -2.45. The molecule has 1 aliphatic carbocycles. The Morgan fingerprint density at radius 3 is 2.44 bits per heavy atom. The van der Waals surface area contributed by atoms with Crippen molar-refractivity contribution in [3.05, 3.63) is 0 Å². The first-order valence-electron chi connectivity index (χ1n) is 5.05. The first-order chi connectivity index (χ1) is 7.50. The van der Waals surface area contributed by atoms with Crippen LogP contribution in [0.15, 0.2) is 0 Å². The van der Waals surface area contributed by atoms with Crippen molar-refractivity contribution in [3.63, 3.8) is 0 Å². The van der Waals surface area contributed by atoms with E-state index in [1.165, 1.54) is 4.90 Å². The molecule has 7 heteroatoms. The van der Waals surface area contributed by atoms with Gasteiger partial charge in [0.25, 0.3) is 0 Å². The van der Waals surface area contributed by atoms with Crippen molar-refractivity contribution in [2.24, 2.45) is 5.73 Å². The Bertz CT molecular complexity index is 301. The smallest absolute Gasteiger partial charge is 0.318 e. The number of nitrogens with two attached hydrogens (primary N) is 1.